The number of hydrogen-bond acceptors (Lipinski definition) is 1. The molecule has 0 spiro atoms. The van der Waals surface area contributed by atoms with E-state index in [9.17, 15) is 18.4 Å². The summed E-state index contributed by atoms with van der Waals surface area (Å²) in [6.07, 6.45) is -2.81. The Bertz CT molecular complexity index is 349. The minimum absolute atomic E-state index is 0.0903. The minimum atomic E-state index is -4.59. The SMILES string of the molecule is CCC(C)c1ccc(C(F)(F)F)[n+]([O-])c1. The van der Waals surface area contributed by atoms with Gasteiger partial charge in [-0.3, -0.25) is 0 Å². The number of aromatic nitrogens is 1. The topological polar surface area (TPSA) is 26.9 Å². The number of rotatable bonds is 2. The third-order valence-electron chi connectivity index (χ3n) is 2.41. The average Bonchev–Trinajstić information content (AvgIpc) is 2.14. The molecule has 0 amide bonds. The zero-order chi connectivity index (χ0) is 11.6. The van der Waals surface area contributed by atoms with Gasteiger partial charge in [-0.15, -0.1) is 0 Å². The second-order valence-corrected chi connectivity index (χ2v) is 3.48. The molecule has 0 radical (unpaired) electrons. The summed E-state index contributed by atoms with van der Waals surface area (Å²) in [5.74, 6) is 0.0903. The molecular formula is C10H12F3NO. The Balaban J connectivity index is 3.09. The van der Waals surface area contributed by atoms with Crippen molar-refractivity contribution in [2.24, 2.45) is 0 Å². The van der Waals surface area contributed by atoms with Crippen LogP contribution in [0.15, 0.2) is 18.3 Å². The van der Waals surface area contributed by atoms with Gasteiger partial charge in [0.1, 0.15) is 0 Å². The van der Waals surface area contributed by atoms with E-state index >= 15 is 0 Å². The Morgan fingerprint density at radius 1 is 1.40 bits per heavy atom. The van der Waals surface area contributed by atoms with Crippen molar-refractivity contribution in [3.05, 3.63) is 34.8 Å². The molecule has 1 aromatic rings. The van der Waals surface area contributed by atoms with Gasteiger partial charge >= 0.3 is 6.18 Å². The fraction of sp³-hybridized carbons (Fsp3) is 0.500. The predicted octanol–water partition coefficient (Wildman–Crippen LogP) is 2.85. The smallest absolute Gasteiger partial charge is 0.478 e. The van der Waals surface area contributed by atoms with Crippen LogP contribution in [0.25, 0.3) is 0 Å². The summed E-state index contributed by atoms with van der Waals surface area (Å²) in [6, 6.07) is 2.18. The molecule has 15 heavy (non-hydrogen) atoms. The van der Waals surface area contributed by atoms with Crippen LogP contribution >= 0.6 is 0 Å². The van der Waals surface area contributed by atoms with Gasteiger partial charge in [0.15, 0.2) is 6.20 Å². The molecule has 5 heteroatoms. The lowest BCUT2D eigenvalue weighted by Crippen LogP contribution is -2.36. The Labute approximate surface area is 85.9 Å². The maximum atomic E-state index is 12.2. The van der Waals surface area contributed by atoms with Gasteiger partial charge in [0.2, 0.25) is 0 Å². The van der Waals surface area contributed by atoms with Crippen molar-refractivity contribution in [2.45, 2.75) is 32.4 Å². The van der Waals surface area contributed by atoms with Crippen LogP contribution in [0.3, 0.4) is 0 Å². The van der Waals surface area contributed by atoms with Crippen molar-refractivity contribution in [2.75, 3.05) is 0 Å². The number of nitrogens with zero attached hydrogens (tertiary/aromatic N) is 1. The molecule has 1 heterocycles. The van der Waals surface area contributed by atoms with Gasteiger partial charge in [0.05, 0.1) is 0 Å². The highest BCUT2D eigenvalue weighted by Crippen LogP contribution is 2.27. The Morgan fingerprint density at radius 2 is 2.00 bits per heavy atom. The van der Waals surface area contributed by atoms with E-state index in [4.69, 9.17) is 0 Å². The Kier molecular flexibility index (Phi) is 3.21. The van der Waals surface area contributed by atoms with Crippen LogP contribution in [0.5, 0.6) is 0 Å². The third-order valence-corrected chi connectivity index (χ3v) is 2.41. The van der Waals surface area contributed by atoms with Gasteiger partial charge in [0.25, 0.3) is 5.69 Å². The molecule has 1 unspecified atom stereocenters. The first kappa shape index (κ1) is 11.8. The van der Waals surface area contributed by atoms with Crippen LogP contribution in [-0.2, 0) is 6.18 Å². The van der Waals surface area contributed by atoms with Crippen molar-refractivity contribution >= 4 is 0 Å². The van der Waals surface area contributed by atoms with E-state index < -0.39 is 11.9 Å². The van der Waals surface area contributed by atoms with Gasteiger partial charge < -0.3 is 5.21 Å². The molecule has 0 aromatic carbocycles. The molecule has 0 fully saturated rings. The van der Waals surface area contributed by atoms with E-state index in [1.807, 2.05) is 13.8 Å². The molecule has 0 aliphatic heterocycles. The summed E-state index contributed by atoms with van der Waals surface area (Å²) in [4.78, 5) is 0. The molecule has 0 saturated carbocycles. The number of hydrogen-bond donors (Lipinski definition) is 0. The second-order valence-electron chi connectivity index (χ2n) is 3.48. The average molecular weight is 219 g/mol. The van der Waals surface area contributed by atoms with Crippen molar-refractivity contribution in [1.29, 1.82) is 0 Å². The van der Waals surface area contributed by atoms with Gasteiger partial charge in [0, 0.05) is 11.6 Å². The molecule has 0 N–H and O–H groups in total. The lowest BCUT2D eigenvalue weighted by Gasteiger charge is -2.11. The fourth-order valence-corrected chi connectivity index (χ4v) is 1.24. The van der Waals surface area contributed by atoms with E-state index in [1.54, 1.807) is 0 Å². The quantitative estimate of drug-likeness (QED) is 0.555. The van der Waals surface area contributed by atoms with Gasteiger partial charge in [-0.05, 0) is 18.4 Å². The highest BCUT2D eigenvalue weighted by Gasteiger charge is 2.39. The summed E-state index contributed by atoms with van der Waals surface area (Å²) < 4.78 is 36.6. The molecule has 1 rings (SSSR count). The molecule has 1 atom stereocenters. The van der Waals surface area contributed by atoms with Crippen LogP contribution in [-0.4, -0.2) is 0 Å². The largest absolute Gasteiger partial charge is 0.618 e. The van der Waals surface area contributed by atoms with Crippen LogP contribution < -0.4 is 4.73 Å². The zero-order valence-corrected chi connectivity index (χ0v) is 8.51. The van der Waals surface area contributed by atoms with Crippen molar-refractivity contribution in [1.82, 2.24) is 0 Å². The first-order valence-electron chi connectivity index (χ1n) is 4.66. The van der Waals surface area contributed by atoms with Crippen molar-refractivity contribution in [3.63, 3.8) is 0 Å². The maximum Gasteiger partial charge on any atom is 0.478 e. The molecule has 0 bridgehead atoms. The summed E-state index contributed by atoms with van der Waals surface area (Å²) in [5, 5.41) is 11.1. The standard InChI is InChI=1S/C10H12F3NO/c1-3-7(2)8-4-5-9(10(11,12)13)14(15)6-8/h4-7H,3H2,1-2H3. The van der Waals surface area contributed by atoms with Gasteiger partial charge in [-0.25, -0.2) is 0 Å². The molecule has 0 aliphatic rings. The first-order valence-corrected chi connectivity index (χ1v) is 4.66. The van der Waals surface area contributed by atoms with Gasteiger partial charge in [-0.2, -0.15) is 17.9 Å². The van der Waals surface area contributed by atoms with E-state index in [1.165, 1.54) is 6.07 Å². The lowest BCUT2D eigenvalue weighted by molar-refractivity contribution is -0.629. The number of pyridine rings is 1. The van der Waals surface area contributed by atoms with Crippen molar-refractivity contribution < 1.29 is 17.9 Å². The number of alkyl halides is 3. The molecule has 0 aliphatic carbocycles. The van der Waals surface area contributed by atoms with E-state index in [0.717, 1.165) is 18.7 Å². The minimum Gasteiger partial charge on any atom is -0.618 e. The Morgan fingerprint density at radius 3 is 2.40 bits per heavy atom. The molecule has 1 aromatic heterocycles. The maximum absolute atomic E-state index is 12.2. The van der Waals surface area contributed by atoms with Crippen LogP contribution in [0.2, 0.25) is 0 Å². The fourth-order valence-electron chi connectivity index (χ4n) is 1.24. The van der Waals surface area contributed by atoms with E-state index in [2.05, 4.69) is 0 Å². The monoisotopic (exact) mass is 219 g/mol. The lowest BCUT2D eigenvalue weighted by atomic mass is 10.0. The number of halogens is 3. The van der Waals surface area contributed by atoms with Crippen LogP contribution in [0.1, 0.15) is 37.4 Å². The van der Waals surface area contributed by atoms with Gasteiger partial charge in [-0.1, -0.05) is 13.8 Å². The summed E-state index contributed by atoms with van der Waals surface area (Å²) in [7, 11) is 0. The third kappa shape index (κ3) is 2.61. The van der Waals surface area contributed by atoms with Crippen LogP contribution in [0.4, 0.5) is 13.2 Å². The van der Waals surface area contributed by atoms with Crippen molar-refractivity contribution in [3.8, 4) is 0 Å². The molecule has 84 valence electrons. The summed E-state index contributed by atoms with van der Waals surface area (Å²) in [5.41, 5.74) is -0.546. The van der Waals surface area contributed by atoms with Crippen LogP contribution in [0, 0.1) is 5.21 Å². The molecule has 0 saturated heterocycles. The zero-order valence-electron chi connectivity index (χ0n) is 8.51. The highest BCUT2D eigenvalue weighted by molar-refractivity contribution is 5.15. The summed E-state index contributed by atoms with van der Waals surface area (Å²) in [6.45, 7) is 3.78. The molecular weight excluding hydrogens is 207 g/mol. The highest BCUT2D eigenvalue weighted by atomic mass is 19.4. The summed E-state index contributed by atoms with van der Waals surface area (Å²) >= 11 is 0. The predicted molar refractivity (Wildman–Crippen MR) is 49.1 cm³/mol. The van der Waals surface area contributed by atoms with E-state index in [-0.39, 0.29) is 10.6 Å². The van der Waals surface area contributed by atoms with E-state index in [0.29, 0.717) is 5.56 Å². The molecule has 2 nitrogen and oxygen atoms in total. The second kappa shape index (κ2) is 4.08. The Hall–Kier alpha value is -1.26. The first-order chi connectivity index (χ1) is 6.86. The normalized spacial score (nSPS) is 13.9.